The van der Waals surface area contributed by atoms with E-state index in [1.54, 1.807) is 0 Å². The molecule has 1 aromatic heterocycles. The fourth-order valence-electron chi connectivity index (χ4n) is 0.982. The molecule has 62 valence electrons. The van der Waals surface area contributed by atoms with Crippen LogP contribution in [0.15, 0.2) is 18.7 Å². The molecule has 0 aliphatic carbocycles. The summed E-state index contributed by atoms with van der Waals surface area (Å²) in [6.07, 6.45) is 6.83. The molecule has 3 nitrogen and oxygen atoms in total. The molecule has 0 amide bonds. The molecule has 0 fully saturated rings. The van der Waals surface area contributed by atoms with E-state index in [2.05, 4.69) is 21.8 Å². The van der Waals surface area contributed by atoms with Crippen LogP contribution in [0, 0.1) is 0 Å². The molecule has 1 N–H and O–H groups in total. The number of hydrogen-bond donors (Lipinski definition) is 1. The van der Waals surface area contributed by atoms with Crippen LogP contribution < -0.4 is 5.32 Å². The summed E-state index contributed by atoms with van der Waals surface area (Å²) in [6, 6.07) is 0. The summed E-state index contributed by atoms with van der Waals surface area (Å²) in [5.74, 6) is 0. The van der Waals surface area contributed by atoms with Gasteiger partial charge in [0, 0.05) is 18.9 Å². The van der Waals surface area contributed by atoms with Crippen molar-refractivity contribution in [2.75, 3.05) is 13.1 Å². The van der Waals surface area contributed by atoms with Gasteiger partial charge in [-0.2, -0.15) is 0 Å². The van der Waals surface area contributed by atoms with Crippen LogP contribution in [0.5, 0.6) is 0 Å². The fourth-order valence-corrected chi connectivity index (χ4v) is 0.982. The SMILES string of the molecule is CCNCCCn1ccnc1. The summed E-state index contributed by atoms with van der Waals surface area (Å²) in [6.45, 7) is 5.34. The van der Waals surface area contributed by atoms with Gasteiger partial charge in [-0.1, -0.05) is 6.92 Å². The summed E-state index contributed by atoms with van der Waals surface area (Å²) in [4.78, 5) is 3.96. The maximum Gasteiger partial charge on any atom is 0.0945 e. The second-order valence-electron chi connectivity index (χ2n) is 2.51. The van der Waals surface area contributed by atoms with Crippen molar-refractivity contribution < 1.29 is 0 Å². The third-order valence-corrected chi connectivity index (χ3v) is 1.58. The zero-order valence-electron chi connectivity index (χ0n) is 6.95. The van der Waals surface area contributed by atoms with Gasteiger partial charge in [-0.15, -0.1) is 0 Å². The molecule has 0 aliphatic heterocycles. The van der Waals surface area contributed by atoms with Crippen LogP contribution >= 0.6 is 0 Å². The first-order valence-electron chi connectivity index (χ1n) is 4.10. The highest BCUT2D eigenvalue weighted by Crippen LogP contribution is 1.88. The number of imidazole rings is 1. The van der Waals surface area contributed by atoms with Crippen LogP contribution in [0.2, 0.25) is 0 Å². The molecule has 1 heterocycles. The minimum absolute atomic E-state index is 1.06. The zero-order chi connectivity index (χ0) is 7.94. The van der Waals surface area contributed by atoms with Gasteiger partial charge in [0.15, 0.2) is 0 Å². The van der Waals surface area contributed by atoms with Crippen molar-refractivity contribution in [1.82, 2.24) is 14.9 Å². The molecule has 0 radical (unpaired) electrons. The lowest BCUT2D eigenvalue weighted by Crippen LogP contribution is -2.15. The molecule has 11 heavy (non-hydrogen) atoms. The molecule has 0 spiro atoms. The quantitative estimate of drug-likeness (QED) is 0.636. The number of aryl methyl sites for hydroxylation is 1. The third-order valence-electron chi connectivity index (χ3n) is 1.58. The molecule has 0 atom stereocenters. The van der Waals surface area contributed by atoms with E-state index in [0.717, 1.165) is 19.6 Å². The molecule has 0 saturated carbocycles. The van der Waals surface area contributed by atoms with Crippen molar-refractivity contribution >= 4 is 0 Å². The minimum Gasteiger partial charge on any atom is -0.337 e. The molecular weight excluding hydrogens is 138 g/mol. The number of nitrogens with one attached hydrogen (secondary N) is 1. The number of hydrogen-bond acceptors (Lipinski definition) is 2. The van der Waals surface area contributed by atoms with Crippen molar-refractivity contribution in [2.24, 2.45) is 0 Å². The molecule has 0 aliphatic rings. The average Bonchev–Trinajstić information content (AvgIpc) is 2.50. The first kappa shape index (κ1) is 8.27. The molecular formula is C8H15N3. The smallest absolute Gasteiger partial charge is 0.0945 e. The Labute approximate surface area is 67.4 Å². The second kappa shape index (κ2) is 4.91. The zero-order valence-corrected chi connectivity index (χ0v) is 6.95. The Morgan fingerprint density at radius 1 is 1.55 bits per heavy atom. The lowest BCUT2D eigenvalue weighted by atomic mass is 10.4. The van der Waals surface area contributed by atoms with Gasteiger partial charge in [-0.3, -0.25) is 0 Å². The highest BCUT2D eigenvalue weighted by Gasteiger charge is 1.88. The second-order valence-corrected chi connectivity index (χ2v) is 2.51. The fraction of sp³-hybridized carbons (Fsp3) is 0.625. The Balaban J connectivity index is 2.04. The van der Waals surface area contributed by atoms with Gasteiger partial charge in [0.05, 0.1) is 6.33 Å². The van der Waals surface area contributed by atoms with Crippen LogP contribution in [0.3, 0.4) is 0 Å². The summed E-state index contributed by atoms with van der Waals surface area (Å²) in [5.41, 5.74) is 0. The number of rotatable bonds is 5. The van der Waals surface area contributed by atoms with Crippen molar-refractivity contribution in [3.8, 4) is 0 Å². The lowest BCUT2D eigenvalue weighted by molar-refractivity contribution is 0.592. The Hall–Kier alpha value is -0.830. The van der Waals surface area contributed by atoms with Crippen LogP contribution in [0.25, 0.3) is 0 Å². The highest BCUT2D eigenvalue weighted by atomic mass is 15.0. The summed E-state index contributed by atoms with van der Waals surface area (Å²) in [7, 11) is 0. The molecule has 3 heteroatoms. The van der Waals surface area contributed by atoms with Gasteiger partial charge in [-0.05, 0) is 19.5 Å². The monoisotopic (exact) mass is 153 g/mol. The van der Waals surface area contributed by atoms with Gasteiger partial charge in [0.25, 0.3) is 0 Å². The molecule has 1 rings (SSSR count). The lowest BCUT2D eigenvalue weighted by Gasteiger charge is -2.01. The van der Waals surface area contributed by atoms with E-state index < -0.39 is 0 Å². The topological polar surface area (TPSA) is 29.9 Å². The Bertz CT molecular complexity index is 169. The van der Waals surface area contributed by atoms with E-state index in [-0.39, 0.29) is 0 Å². The maximum absolute atomic E-state index is 3.96. The van der Waals surface area contributed by atoms with Crippen molar-refractivity contribution in [1.29, 1.82) is 0 Å². The van der Waals surface area contributed by atoms with E-state index >= 15 is 0 Å². The van der Waals surface area contributed by atoms with E-state index in [0.29, 0.717) is 0 Å². The summed E-state index contributed by atoms with van der Waals surface area (Å²) >= 11 is 0. The first-order chi connectivity index (χ1) is 5.43. The standard InChI is InChI=1S/C8H15N3/c1-2-9-4-3-6-11-7-5-10-8-11/h5,7-9H,2-4,6H2,1H3. The highest BCUT2D eigenvalue weighted by molar-refractivity contribution is 4.73. The van der Waals surface area contributed by atoms with E-state index in [4.69, 9.17) is 0 Å². The molecule has 1 aromatic rings. The Morgan fingerprint density at radius 2 is 2.45 bits per heavy atom. The third kappa shape index (κ3) is 3.18. The summed E-state index contributed by atoms with van der Waals surface area (Å²) in [5, 5.41) is 3.28. The largest absolute Gasteiger partial charge is 0.337 e. The van der Waals surface area contributed by atoms with E-state index in [1.807, 2.05) is 18.7 Å². The van der Waals surface area contributed by atoms with Crippen LogP contribution in [-0.2, 0) is 6.54 Å². The summed E-state index contributed by atoms with van der Waals surface area (Å²) < 4.78 is 2.09. The van der Waals surface area contributed by atoms with Crippen molar-refractivity contribution in [3.05, 3.63) is 18.7 Å². The van der Waals surface area contributed by atoms with Crippen molar-refractivity contribution in [3.63, 3.8) is 0 Å². The number of aromatic nitrogens is 2. The number of nitrogens with zero attached hydrogens (tertiary/aromatic N) is 2. The Kier molecular flexibility index (Phi) is 3.69. The molecule has 0 unspecified atom stereocenters. The molecule has 0 saturated heterocycles. The van der Waals surface area contributed by atoms with Gasteiger partial charge in [-0.25, -0.2) is 4.98 Å². The van der Waals surface area contributed by atoms with Gasteiger partial charge in [0.1, 0.15) is 0 Å². The molecule has 0 bridgehead atoms. The molecule has 0 aromatic carbocycles. The van der Waals surface area contributed by atoms with Crippen LogP contribution in [0.1, 0.15) is 13.3 Å². The van der Waals surface area contributed by atoms with Gasteiger partial charge >= 0.3 is 0 Å². The van der Waals surface area contributed by atoms with Gasteiger partial charge in [0.2, 0.25) is 0 Å². The van der Waals surface area contributed by atoms with E-state index in [9.17, 15) is 0 Å². The predicted octanol–water partition coefficient (Wildman–Crippen LogP) is 0.883. The minimum atomic E-state index is 1.06. The van der Waals surface area contributed by atoms with Gasteiger partial charge < -0.3 is 9.88 Å². The van der Waals surface area contributed by atoms with E-state index in [1.165, 1.54) is 6.42 Å². The van der Waals surface area contributed by atoms with Crippen LogP contribution in [-0.4, -0.2) is 22.6 Å². The maximum atomic E-state index is 3.96. The first-order valence-corrected chi connectivity index (χ1v) is 4.10. The normalized spacial score (nSPS) is 10.3. The average molecular weight is 153 g/mol. The van der Waals surface area contributed by atoms with Crippen LogP contribution in [0.4, 0.5) is 0 Å². The predicted molar refractivity (Wildman–Crippen MR) is 45.4 cm³/mol. The van der Waals surface area contributed by atoms with Crippen molar-refractivity contribution in [2.45, 2.75) is 19.9 Å². The Morgan fingerprint density at radius 3 is 3.09 bits per heavy atom.